The molecule has 0 aliphatic heterocycles. The Bertz CT molecular complexity index is 1690. The van der Waals surface area contributed by atoms with Crippen LogP contribution in [-0.2, 0) is 20.3 Å². The second kappa shape index (κ2) is 9.23. The number of aromatic nitrogens is 7. The second-order valence-corrected chi connectivity index (χ2v) is 9.56. The van der Waals surface area contributed by atoms with Crippen LogP contribution in [0.15, 0.2) is 59.8 Å². The molecule has 1 aromatic carbocycles. The molecule has 196 valence electrons. The summed E-state index contributed by atoms with van der Waals surface area (Å²) in [6, 6.07) is 10.3. The lowest BCUT2D eigenvalue weighted by Gasteiger charge is -2.15. The molecule has 0 amide bonds. The van der Waals surface area contributed by atoms with Crippen molar-refractivity contribution in [2.24, 2.45) is 14.1 Å². The lowest BCUT2D eigenvalue weighted by molar-refractivity contribution is -0.140. The number of nitrogens with zero attached hydrogens (tertiary/aromatic N) is 7. The Kier molecular flexibility index (Phi) is 6.16. The fourth-order valence-electron chi connectivity index (χ4n) is 4.61. The fraction of sp³-hybridized carbons (Fsp3) is 0.296. The average Bonchev–Trinajstić information content (AvgIpc) is 3.41. The molecule has 0 saturated heterocycles. The summed E-state index contributed by atoms with van der Waals surface area (Å²) in [6.45, 7) is 5.97. The minimum absolute atomic E-state index is 0.159. The van der Waals surface area contributed by atoms with Crippen LogP contribution in [0.5, 0.6) is 0 Å². The first-order valence-electron chi connectivity index (χ1n) is 12.1. The highest BCUT2D eigenvalue weighted by Crippen LogP contribution is 2.32. The summed E-state index contributed by atoms with van der Waals surface area (Å²) >= 11 is 0. The van der Waals surface area contributed by atoms with Gasteiger partial charge in [0.15, 0.2) is 17.2 Å². The highest BCUT2D eigenvalue weighted by molar-refractivity contribution is 5.74. The molecule has 0 fully saturated rings. The van der Waals surface area contributed by atoms with Crippen molar-refractivity contribution in [1.82, 2.24) is 33.6 Å². The maximum absolute atomic E-state index is 13.3. The van der Waals surface area contributed by atoms with Crippen molar-refractivity contribution in [3.05, 3.63) is 82.4 Å². The Morgan fingerprint density at radius 1 is 0.947 bits per heavy atom. The van der Waals surface area contributed by atoms with Crippen molar-refractivity contribution in [1.29, 1.82) is 0 Å². The third kappa shape index (κ3) is 4.27. The van der Waals surface area contributed by atoms with Crippen molar-refractivity contribution in [3.63, 3.8) is 0 Å². The van der Waals surface area contributed by atoms with E-state index in [4.69, 9.17) is 4.98 Å². The molecule has 0 radical (unpaired) electrons. The number of halogens is 3. The summed E-state index contributed by atoms with van der Waals surface area (Å²) in [7, 11) is 3.19. The number of hydrogen-bond donors (Lipinski definition) is 0. The van der Waals surface area contributed by atoms with Gasteiger partial charge in [-0.05, 0) is 30.5 Å². The van der Waals surface area contributed by atoms with Gasteiger partial charge in [-0.1, -0.05) is 38.1 Å². The van der Waals surface area contributed by atoms with E-state index in [2.05, 4.69) is 15.0 Å². The van der Waals surface area contributed by atoms with E-state index >= 15 is 0 Å². The molecule has 11 heteroatoms. The molecule has 4 aromatic heterocycles. The molecule has 0 aliphatic carbocycles. The Hall–Kier alpha value is -4.28. The lowest BCUT2D eigenvalue weighted by atomic mass is 10.0. The van der Waals surface area contributed by atoms with Crippen LogP contribution in [0.1, 0.15) is 49.7 Å². The van der Waals surface area contributed by atoms with Crippen LogP contribution < -0.4 is 5.69 Å². The van der Waals surface area contributed by atoms with Crippen LogP contribution in [0.3, 0.4) is 0 Å². The average molecular weight is 522 g/mol. The van der Waals surface area contributed by atoms with Gasteiger partial charge in [0.2, 0.25) is 0 Å². The molecule has 0 N–H and O–H groups in total. The third-order valence-corrected chi connectivity index (χ3v) is 6.66. The normalized spacial score (nSPS) is 13.0. The first-order valence-corrected chi connectivity index (χ1v) is 12.1. The topological polar surface area (TPSA) is 83.4 Å². The van der Waals surface area contributed by atoms with Gasteiger partial charge < -0.3 is 4.57 Å². The van der Waals surface area contributed by atoms with Gasteiger partial charge in [-0.3, -0.25) is 14.1 Å². The van der Waals surface area contributed by atoms with Crippen LogP contribution in [0, 0.1) is 0 Å². The molecule has 0 bridgehead atoms. The van der Waals surface area contributed by atoms with E-state index in [1.165, 1.54) is 16.2 Å². The van der Waals surface area contributed by atoms with Gasteiger partial charge in [0, 0.05) is 37.6 Å². The number of imidazole rings is 2. The Labute approximate surface area is 216 Å². The Morgan fingerprint density at radius 3 is 2.29 bits per heavy atom. The zero-order chi connectivity index (χ0) is 27.4. The molecule has 1 atom stereocenters. The Morgan fingerprint density at radius 2 is 1.66 bits per heavy atom. The Balaban J connectivity index is 1.56. The summed E-state index contributed by atoms with van der Waals surface area (Å²) in [5, 5.41) is 0. The van der Waals surface area contributed by atoms with Gasteiger partial charge in [0.05, 0.1) is 17.9 Å². The van der Waals surface area contributed by atoms with Gasteiger partial charge in [0.25, 0.3) is 0 Å². The predicted octanol–water partition coefficient (Wildman–Crippen LogP) is 5.34. The van der Waals surface area contributed by atoms with E-state index in [0.29, 0.717) is 22.6 Å². The van der Waals surface area contributed by atoms with Gasteiger partial charge in [-0.2, -0.15) is 13.2 Å². The highest BCUT2D eigenvalue weighted by atomic mass is 19.4. The first-order chi connectivity index (χ1) is 18.0. The van der Waals surface area contributed by atoms with E-state index < -0.39 is 17.9 Å². The standard InChI is InChI=1S/C27H26F3N7O/c1-15(2)22-19(7-6-12-31-22)23-32-13-20-25(34-23)37(26(38)36(20)5)16(3)17-8-10-18(11-9-17)24-33-21(14-35(24)4)27(28,29)30/h6-16H,1-5H3. The molecule has 5 rings (SSSR count). The molecular formula is C27H26F3N7O. The number of benzene rings is 1. The van der Waals surface area contributed by atoms with Crippen LogP contribution in [-0.4, -0.2) is 33.6 Å². The smallest absolute Gasteiger partial charge is 0.333 e. The molecular weight excluding hydrogens is 495 g/mol. The summed E-state index contributed by atoms with van der Waals surface area (Å²) in [6.07, 6.45) is -0.184. The maximum Gasteiger partial charge on any atom is 0.434 e. The van der Waals surface area contributed by atoms with E-state index in [1.807, 2.05) is 32.9 Å². The van der Waals surface area contributed by atoms with Gasteiger partial charge in [0.1, 0.15) is 11.3 Å². The minimum atomic E-state index is -4.52. The molecule has 38 heavy (non-hydrogen) atoms. The molecule has 8 nitrogen and oxygen atoms in total. The van der Waals surface area contributed by atoms with Gasteiger partial charge >= 0.3 is 11.9 Å². The predicted molar refractivity (Wildman–Crippen MR) is 138 cm³/mol. The number of alkyl halides is 3. The summed E-state index contributed by atoms with van der Waals surface area (Å²) in [5.41, 5.74) is 2.86. The summed E-state index contributed by atoms with van der Waals surface area (Å²) < 4.78 is 43.7. The van der Waals surface area contributed by atoms with Gasteiger partial charge in [-0.15, -0.1) is 0 Å². The quantitative estimate of drug-likeness (QED) is 0.312. The number of rotatable bonds is 5. The summed E-state index contributed by atoms with van der Waals surface area (Å²) in [4.78, 5) is 30.9. The molecule has 0 aliphatic rings. The lowest BCUT2D eigenvalue weighted by Crippen LogP contribution is -2.25. The monoisotopic (exact) mass is 521 g/mol. The van der Waals surface area contributed by atoms with E-state index in [9.17, 15) is 18.0 Å². The van der Waals surface area contributed by atoms with Crippen molar-refractivity contribution in [3.8, 4) is 22.8 Å². The highest BCUT2D eigenvalue weighted by Gasteiger charge is 2.34. The van der Waals surface area contributed by atoms with Crippen LogP contribution in [0.2, 0.25) is 0 Å². The first kappa shape index (κ1) is 25.4. The second-order valence-electron chi connectivity index (χ2n) is 9.56. The summed E-state index contributed by atoms with van der Waals surface area (Å²) in [5.74, 6) is 0.840. The van der Waals surface area contributed by atoms with Crippen LogP contribution >= 0.6 is 0 Å². The third-order valence-electron chi connectivity index (χ3n) is 6.66. The molecule has 0 spiro atoms. The van der Waals surface area contributed by atoms with Crippen molar-refractivity contribution >= 4 is 11.2 Å². The van der Waals surface area contributed by atoms with Crippen molar-refractivity contribution in [2.75, 3.05) is 0 Å². The fourth-order valence-corrected chi connectivity index (χ4v) is 4.61. The molecule has 1 unspecified atom stereocenters. The zero-order valence-electron chi connectivity index (χ0n) is 21.5. The van der Waals surface area contributed by atoms with Crippen LogP contribution in [0.25, 0.3) is 33.9 Å². The van der Waals surface area contributed by atoms with E-state index in [-0.39, 0.29) is 17.4 Å². The van der Waals surface area contributed by atoms with Crippen molar-refractivity contribution in [2.45, 2.75) is 38.9 Å². The van der Waals surface area contributed by atoms with E-state index in [1.54, 1.807) is 48.3 Å². The molecule has 4 heterocycles. The molecule has 0 saturated carbocycles. The van der Waals surface area contributed by atoms with E-state index in [0.717, 1.165) is 23.0 Å². The van der Waals surface area contributed by atoms with Crippen molar-refractivity contribution < 1.29 is 13.2 Å². The number of fused-ring (bicyclic) bond motifs is 1. The molecule has 5 aromatic rings. The van der Waals surface area contributed by atoms with Crippen LogP contribution in [0.4, 0.5) is 13.2 Å². The SMILES string of the molecule is CC(C)c1ncccc1-c1ncc2c(n1)n(C(C)c1ccc(-c3nc(C(F)(F)F)cn3C)cc1)c(=O)n2C. The van der Waals surface area contributed by atoms with Gasteiger partial charge in [-0.25, -0.2) is 19.7 Å². The zero-order valence-corrected chi connectivity index (χ0v) is 21.5. The largest absolute Gasteiger partial charge is 0.434 e. The minimum Gasteiger partial charge on any atom is -0.333 e. The number of pyridine rings is 1. The number of aryl methyl sites for hydroxylation is 2. The number of hydrogen-bond acceptors (Lipinski definition) is 5. The maximum atomic E-state index is 13.3.